The molecule has 2 aliphatic heterocycles. The largest absolute Gasteiger partial charge is 0.302 e. The first-order valence-electron chi connectivity index (χ1n) is 7.02. The molecule has 1 atom stereocenters. The van der Waals surface area contributed by atoms with Crippen LogP contribution >= 0.6 is 0 Å². The van der Waals surface area contributed by atoms with Crippen LogP contribution < -0.4 is 5.01 Å². The highest BCUT2D eigenvalue weighted by Gasteiger charge is 2.32. The number of hydrogen-bond donors (Lipinski definition) is 0. The monoisotopic (exact) mass is 230 g/mol. The minimum absolute atomic E-state index is 0.686. The lowest BCUT2D eigenvalue weighted by molar-refractivity contribution is 0.191. The number of fused-ring (bicyclic) bond motifs is 1. The van der Waals surface area contributed by atoms with Crippen LogP contribution in [0.2, 0.25) is 0 Å². The second kappa shape index (κ2) is 4.69. The molecule has 0 aromatic heterocycles. The average Bonchev–Trinajstić information content (AvgIpc) is 2.78. The van der Waals surface area contributed by atoms with Gasteiger partial charge in [0.1, 0.15) is 0 Å². The second-order valence-corrected chi connectivity index (χ2v) is 5.25. The van der Waals surface area contributed by atoms with E-state index in [1.807, 2.05) is 0 Å². The molecule has 0 bridgehead atoms. The van der Waals surface area contributed by atoms with E-state index in [1.54, 1.807) is 0 Å². The van der Waals surface area contributed by atoms with Crippen molar-refractivity contribution in [2.45, 2.75) is 45.1 Å². The van der Waals surface area contributed by atoms with Crippen LogP contribution in [0, 0.1) is 0 Å². The molecule has 2 aliphatic rings. The molecule has 0 N–H and O–H groups in total. The van der Waals surface area contributed by atoms with Crippen LogP contribution in [0.15, 0.2) is 24.3 Å². The maximum absolute atomic E-state index is 2.59. The van der Waals surface area contributed by atoms with Crippen molar-refractivity contribution in [2.24, 2.45) is 0 Å². The van der Waals surface area contributed by atoms with Gasteiger partial charge in [-0.1, -0.05) is 31.5 Å². The van der Waals surface area contributed by atoms with E-state index in [9.17, 15) is 0 Å². The minimum Gasteiger partial charge on any atom is -0.302 e. The van der Waals surface area contributed by atoms with Crippen LogP contribution in [0.3, 0.4) is 0 Å². The summed E-state index contributed by atoms with van der Waals surface area (Å²) >= 11 is 0. The summed E-state index contributed by atoms with van der Waals surface area (Å²) in [6.45, 7) is 4.79. The average molecular weight is 230 g/mol. The summed E-state index contributed by atoms with van der Waals surface area (Å²) in [5.41, 5.74) is 2.99. The number of anilines is 1. The highest BCUT2D eigenvalue weighted by atomic mass is 15.6. The maximum Gasteiger partial charge on any atom is 0.0558 e. The summed E-state index contributed by atoms with van der Waals surface area (Å²) in [7, 11) is 0. The summed E-state index contributed by atoms with van der Waals surface area (Å²) < 4.78 is 0. The number of rotatable bonds is 2. The number of hydrogen-bond acceptors (Lipinski definition) is 2. The summed E-state index contributed by atoms with van der Waals surface area (Å²) in [5, 5.41) is 5.18. The van der Waals surface area contributed by atoms with E-state index in [-0.39, 0.29) is 0 Å². The Morgan fingerprint density at radius 2 is 1.88 bits per heavy atom. The van der Waals surface area contributed by atoms with Gasteiger partial charge in [0.15, 0.2) is 0 Å². The predicted molar refractivity (Wildman–Crippen MR) is 72.1 cm³/mol. The van der Waals surface area contributed by atoms with Crippen LogP contribution in [0.1, 0.15) is 38.2 Å². The Kier molecular flexibility index (Phi) is 3.06. The van der Waals surface area contributed by atoms with Gasteiger partial charge in [0.2, 0.25) is 0 Å². The predicted octanol–water partition coefficient (Wildman–Crippen LogP) is 3.23. The van der Waals surface area contributed by atoms with Crippen molar-refractivity contribution < 1.29 is 0 Å². The van der Waals surface area contributed by atoms with E-state index in [2.05, 4.69) is 41.2 Å². The van der Waals surface area contributed by atoms with Crippen molar-refractivity contribution in [3.05, 3.63) is 29.8 Å². The standard InChI is InChI=1S/C15H22N2/c1-2-14-12-13-8-4-5-9-15(13)17(14)16-10-6-3-7-11-16/h4-5,8-9,14H,2-3,6-7,10-12H2,1H3. The first-order valence-corrected chi connectivity index (χ1v) is 7.02. The Morgan fingerprint density at radius 1 is 1.12 bits per heavy atom. The Bertz CT molecular complexity index is 382. The zero-order valence-corrected chi connectivity index (χ0v) is 10.7. The van der Waals surface area contributed by atoms with Crippen molar-refractivity contribution in [1.82, 2.24) is 5.01 Å². The SMILES string of the molecule is CCC1Cc2ccccc2N1N1CCCCC1. The quantitative estimate of drug-likeness (QED) is 0.769. The lowest BCUT2D eigenvalue weighted by Gasteiger charge is -2.40. The fraction of sp³-hybridized carbons (Fsp3) is 0.600. The normalized spacial score (nSPS) is 25.0. The molecule has 1 aromatic carbocycles. The van der Waals surface area contributed by atoms with E-state index in [0.29, 0.717) is 6.04 Å². The lowest BCUT2D eigenvalue weighted by atomic mass is 10.1. The molecule has 3 rings (SSSR count). The molecule has 0 radical (unpaired) electrons. The summed E-state index contributed by atoms with van der Waals surface area (Å²) in [6.07, 6.45) is 6.58. The summed E-state index contributed by atoms with van der Waals surface area (Å²) in [6, 6.07) is 9.62. The van der Waals surface area contributed by atoms with Crippen molar-refractivity contribution in [3.63, 3.8) is 0 Å². The molecule has 92 valence electrons. The molecule has 0 amide bonds. The van der Waals surface area contributed by atoms with Crippen LogP contribution in [-0.2, 0) is 6.42 Å². The molecule has 0 saturated carbocycles. The first kappa shape index (κ1) is 11.1. The zero-order chi connectivity index (χ0) is 11.7. The summed E-state index contributed by atoms with van der Waals surface area (Å²) in [5.74, 6) is 0. The highest BCUT2D eigenvalue weighted by molar-refractivity contribution is 5.58. The van der Waals surface area contributed by atoms with Gasteiger partial charge < -0.3 is 5.01 Å². The van der Waals surface area contributed by atoms with Gasteiger partial charge in [-0.15, -0.1) is 0 Å². The van der Waals surface area contributed by atoms with E-state index in [0.717, 1.165) is 0 Å². The molecule has 1 aromatic rings. The summed E-state index contributed by atoms with van der Waals surface area (Å²) in [4.78, 5) is 0. The second-order valence-electron chi connectivity index (χ2n) is 5.25. The Balaban J connectivity index is 1.89. The topological polar surface area (TPSA) is 6.48 Å². The van der Waals surface area contributed by atoms with Gasteiger partial charge in [0, 0.05) is 19.1 Å². The zero-order valence-electron chi connectivity index (χ0n) is 10.7. The molecule has 1 saturated heterocycles. The van der Waals surface area contributed by atoms with Gasteiger partial charge in [-0.2, -0.15) is 0 Å². The Hall–Kier alpha value is -1.02. The molecule has 1 fully saturated rings. The van der Waals surface area contributed by atoms with Gasteiger partial charge in [-0.05, 0) is 37.3 Å². The molecular weight excluding hydrogens is 208 g/mol. The third kappa shape index (κ3) is 1.95. The number of nitrogens with zero attached hydrogens (tertiary/aromatic N) is 2. The molecule has 2 nitrogen and oxygen atoms in total. The molecule has 1 unspecified atom stereocenters. The number of hydrazine groups is 1. The van der Waals surface area contributed by atoms with Gasteiger partial charge in [-0.3, -0.25) is 0 Å². The van der Waals surface area contributed by atoms with E-state index >= 15 is 0 Å². The van der Waals surface area contributed by atoms with Gasteiger partial charge in [0.05, 0.1) is 5.69 Å². The number of para-hydroxylation sites is 1. The van der Waals surface area contributed by atoms with Crippen LogP contribution in [-0.4, -0.2) is 24.1 Å². The van der Waals surface area contributed by atoms with Crippen molar-refractivity contribution in [3.8, 4) is 0 Å². The van der Waals surface area contributed by atoms with E-state index < -0.39 is 0 Å². The van der Waals surface area contributed by atoms with Crippen molar-refractivity contribution in [1.29, 1.82) is 0 Å². The highest BCUT2D eigenvalue weighted by Crippen LogP contribution is 2.35. The molecular formula is C15H22N2. The first-order chi connectivity index (χ1) is 8.40. The smallest absolute Gasteiger partial charge is 0.0558 e. The fourth-order valence-corrected chi connectivity index (χ4v) is 3.24. The molecule has 0 aliphatic carbocycles. The van der Waals surface area contributed by atoms with Gasteiger partial charge in [0.25, 0.3) is 0 Å². The third-order valence-corrected chi connectivity index (χ3v) is 4.15. The Morgan fingerprint density at radius 3 is 2.65 bits per heavy atom. The van der Waals surface area contributed by atoms with Gasteiger partial charge in [-0.25, -0.2) is 5.01 Å². The third-order valence-electron chi connectivity index (χ3n) is 4.15. The van der Waals surface area contributed by atoms with E-state index in [1.165, 1.54) is 56.4 Å². The Labute approximate surface area is 104 Å². The number of benzene rings is 1. The van der Waals surface area contributed by atoms with Gasteiger partial charge >= 0.3 is 0 Å². The van der Waals surface area contributed by atoms with Crippen LogP contribution in [0.5, 0.6) is 0 Å². The molecule has 0 spiro atoms. The number of piperidine rings is 1. The molecule has 2 heterocycles. The van der Waals surface area contributed by atoms with E-state index in [4.69, 9.17) is 0 Å². The van der Waals surface area contributed by atoms with Crippen LogP contribution in [0.25, 0.3) is 0 Å². The minimum atomic E-state index is 0.686. The fourth-order valence-electron chi connectivity index (χ4n) is 3.24. The van der Waals surface area contributed by atoms with Crippen LogP contribution in [0.4, 0.5) is 5.69 Å². The lowest BCUT2D eigenvalue weighted by Crippen LogP contribution is -2.49. The molecule has 17 heavy (non-hydrogen) atoms. The van der Waals surface area contributed by atoms with Crippen molar-refractivity contribution in [2.75, 3.05) is 18.1 Å². The maximum atomic E-state index is 2.59. The molecule has 2 heteroatoms. The van der Waals surface area contributed by atoms with Crippen molar-refractivity contribution >= 4 is 5.69 Å².